The Morgan fingerprint density at radius 2 is 1.86 bits per heavy atom. The van der Waals surface area contributed by atoms with Gasteiger partial charge in [0.1, 0.15) is 12.4 Å². The van der Waals surface area contributed by atoms with Crippen molar-refractivity contribution in [3.8, 4) is 11.5 Å². The molecule has 1 aromatic carbocycles. The molecular weight excluding hydrogens is 502 g/mol. The maximum absolute atomic E-state index is 11.5. The molecule has 0 aliphatic rings. The number of hydrogen-bond donors (Lipinski definition) is 0. The van der Waals surface area contributed by atoms with Gasteiger partial charge >= 0.3 is 11.9 Å². The highest BCUT2D eigenvalue weighted by atomic mass is 127. The van der Waals surface area contributed by atoms with E-state index in [0.717, 1.165) is 3.57 Å². The van der Waals surface area contributed by atoms with Crippen LogP contribution < -0.4 is 9.47 Å². The molecule has 5 nitrogen and oxygen atoms in total. The number of hydrogen-bond acceptors (Lipinski definition) is 5. The molecule has 0 saturated carbocycles. The molecule has 0 unspecified atom stereocenters. The van der Waals surface area contributed by atoms with E-state index in [2.05, 4.69) is 29.2 Å². The van der Waals surface area contributed by atoms with E-state index in [9.17, 15) is 9.59 Å². The highest BCUT2D eigenvalue weighted by Gasteiger charge is 2.20. The van der Waals surface area contributed by atoms with E-state index in [0.29, 0.717) is 26.2 Å². The lowest BCUT2D eigenvalue weighted by Gasteiger charge is -2.15. The van der Waals surface area contributed by atoms with Gasteiger partial charge in [0.15, 0.2) is 5.75 Å². The van der Waals surface area contributed by atoms with Gasteiger partial charge in [0.2, 0.25) is 0 Å². The molecule has 0 bridgehead atoms. The lowest BCUT2D eigenvalue weighted by Crippen LogP contribution is -2.10. The van der Waals surface area contributed by atoms with Crippen molar-refractivity contribution in [2.24, 2.45) is 0 Å². The van der Waals surface area contributed by atoms with Gasteiger partial charge in [-0.05, 0) is 58.2 Å². The maximum atomic E-state index is 11.5. The van der Waals surface area contributed by atoms with Crippen LogP contribution in [0.3, 0.4) is 0 Å². The molecule has 0 amide bonds. The molecule has 0 fully saturated rings. The normalized spacial score (nSPS) is 9.95. The van der Waals surface area contributed by atoms with Crippen molar-refractivity contribution in [3.05, 3.63) is 30.9 Å². The third-order valence-corrected chi connectivity index (χ3v) is 4.15. The monoisotopic (exact) mass is 516 g/mol. The summed E-state index contributed by atoms with van der Waals surface area (Å²) in [6.45, 7) is 6.38. The Kier molecular flexibility index (Phi) is 6.91. The molecule has 0 aliphatic heterocycles. The number of methoxy groups -OCH3 is 1. The predicted octanol–water partition coefficient (Wildman–Crippen LogP) is 3.45. The standard InChI is InChI=1S/C14H14I2O5/c1-7(2)14(18)20-6-9-5-10(15)13(19-4)11(16)12(9)21-8(3)17/h5H,1,6H2,2-4H3. The third-order valence-electron chi connectivity index (χ3n) is 2.37. The summed E-state index contributed by atoms with van der Waals surface area (Å²) in [5.74, 6) is 0.00516. The van der Waals surface area contributed by atoms with Crippen LogP contribution in [0.25, 0.3) is 0 Å². The Hall–Kier alpha value is -0.840. The molecule has 0 N–H and O–H groups in total. The maximum Gasteiger partial charge on any atom is 0.333 e. The number of carbonyl (C=O) groups excluding carboxylic acids is 2. The number of benzene rings is 1. The van der Waals surface area contributed by atoms with Crippen LogP contribution in [0, 0.1) is 7.14 Å². The Labute approximate surface area is 150 Å². The zero-order valence-electron chi connectivity index (χ0n) is 11.8. The van der Waals surface area contributed by atoms with E-state index in [1.807, 2.05) is 22.6 Å². The average Bonchev–Trinajstić information content (AvgIpc) is 2.39. The quantitative estimate of drug-likeness (QED) is 0.260. The lowest BCUT2D eigenvalue weighted by molar-refractivity contribution is -0.140. The lowest BCUT2D eigenvalue weighted by atomic mass is 10.2. The van der Waals surface area contributed by atoms with Gasteiger partial charge < -0.3 is 14.2 Å². The molecule has 0 heterocycles. The summed E-state index contributed by atoms with van der Waals surface area (Å²) in [7, 11) is 1.54. The van der Waals surface area contributed by atoms with Crippen LogP contribution in [0.4, 0.5) is 0 Å². The predicted molar refractivity (Wildman–Crippen MR) is 94.3 cm³/mol. The Balaban J connectivity index is 3.19. The summed E-state index contributed by atoms with van der Waals surface area (Å²) in [5.41, 5.74) is 0.899. The minimum Gasteiger partial charge on any atom is -0.494 e. The van der Waals surface area contributed by atoms with Gasteiger partial charge in [0, 0.05) is 18.1 Å². The third kappa shape index (κ3) is 4.83. The van der Waals surface area contributed by atoms with Crippen molar-refractivity contribution in [1.82, 2.24) is 0 Å². The molecule has 0 spiro atoms. The van der Waals surface area contributed by atoms with E-state index < -0.39 is 11.9 Å². The molecule has 0 radical (unpaired) electrons. The second-order valence-electron chi connectivity index (χ2n) is 4.14. The molecule has 0 aromatic heterocycles. The topological polar surface area (TPSA) is 61.8 Å². The van der Waals surface area contributed by atoms with E-state index in [-0.39, 0.29) is 6.61 Å². The Bertz CT molecular complexity index is 596. The Morgan fingerprint density at radius 3 is 2.33 bits per heavy atom. The summed E-state index contributed by atoms with van der Waals surface area (Å²) in [6.07, 6.45) is 0. The van der Waals surface area contributed by atoms with Gasteiger partial charge in [-0.15, -0.1) is 0 Å². The second-order valence-corrected chi connectivity index (χ2v) is 6.38. The van der Waals surface area contributed by atoms with E-state index in [1.54, 1.807) is 13.0 Å². The van der Waals surface area contributed by atoms with Gasteiger partial charge in [-0.1, -0.05) is 6.58 Å². The summed E-state index contributed by atoms with van der Waals surface area (Å²) in [4.78, 5) is 22.7. The van der Waals surface area contributed by atoms with Crippen molar-refractivity contribution >= 4 is 57.1 Å². The number of carbonyl (C=O) groups is 2. The first-order chi connectivity index (χ1) is 9.77. The smallest absolute Gasteiger partial charge is 0.333 e. The van der Waals surface area contributed by atoms with Crippen molar-refractivity contribution in [2.45, 2.75) is 20.5 Å². The van der Waals surface area contributed by atoms with Crippen LogP contribution in [0.5, 0.6) is 11.5 Å². The molecule has 114 valence electrons. The number of ether oxygens (including phenoxy) is 3. The molecule has 1 rings (SSSR count). The fourth-order valence-corrected chi connectivity index (χ4v) is 3.80. The highest BCUT2D eigenvalue weighted by molar-refractivity contribution is 14.1. The van der Waals surface area contributed by atoms with Gasteiger partial charge in [-0.25, -0.2) is 4.79 Å². The molecule has 7 heteroatoms. The largest absolute Gasteiger partial charge is 0.494 e. The summed E-state index contributed by atoms with van der Waals surface area (Å²) >= 11 is 4.14. The van der Waals surface area contributed by atoms with Gasteiger partial charge in [0.05, 0.1) is 14.3 Å². The first-order valence-corrected chi connectivity index (χ1v) is 7.99. The number of halogens is 2. The summed E-state index contributed by atoms with van der Waals surface area (Å²) in [6, 6.07) is 1.76. The van der Waals surface area contributed by atoms with Crippen LogP contribution >= 0.6 is 45.2 Å². The van der Waals surface area contributed by atoms with Crippen molar-refractivity contribution in [1.29, 1.82) is 0 Å². The fourth-order valence-electron chi connectivity index (χ4n) is 1.45. The molecule has 0 aliphatic carbocycles. The van der Waals surface area contributed by atoms with Gasteiger partial charge in [-0.3, -0.25) is 4.79 Å². The van der Waals surface area contributed by atoms with Crippen molar-refractivity contribution < 1.29 is 23.8 Å². The molecule has 0 atom stereocenters. The number of rotatable bonds is 5. The first kappa shape index (κ1) is 18.2. The highest BCUT2D eigenvalue weighted by Crippen LogP contribution is 2.38. The zero-order chi connectivity index (χ0) is 16.2. The van der Waals surface area contributed by atoms with E-state index >= 15 is 0 Å². The number of esters is 2. The minimum absolute atomic E-state index is 0.00962. The molecule has 1 aromatic rings. The SMILES string of the molecule is C=C(C)C(=O)OCc1cc(I)c(OC)c(I)c1OC(C)=O. The summed E-state index contributed by atoms with van der Waals surface area (Å²) < 4.78 is 17.1. The average molecular weight is 516 g/mol. The first-order valence-electron chi connectivity index (χ1n) is 5.83. The van der Waals surface area contributed by atoms with E-state index in [4.69, 9.17) is 14.2 Å². The van der Waals surface area contributed by atoms with Crippen molar-refractivity contribution in [3.63, 3.8) is 0 Å². The van der Waals surface area contributed by atoms with Crippen LogP contribution in [0.2, 0.25) is 0 Å². The molecule has 21 heavy (non-hydrogen) atoms. The fraction of sp³-hybridized carbons (Fsp3) is 0.286. The van der Waals surface area contributed by atoms with Crippen molar-refractivity contribution in [2.75, 3.05) is 7.11 Å². The van der Waals surface area contributed by atoms with Crippen LogP contribution in [-0.4, -0.2) is 19.0 Å². The molecule has 0 saturated heterocycles. The van der Waals surface area contributed by atoms with Crippen LogP contribution in [-0.2, 0) is 20.9 Å². The minimum atomic E-state index is -0.496. The Morgan fingerprint density at radius 1 is 1.24 bits per heavy atom. The van der Waals surface area contributed by atoms with Gasteiger partial charge in [-0.2, -0.15) is 0 Å². The zero-order valence-corrected chi connectivity index (χ0v) is 16.1. The summed E-state index contributed by atoms with van der Waals surface area (Å²) in [5, 5.41) is 0. The second kappa shape index (κ2) is 7.97. The van der Waals surface area contributed by atoms with E-state index in [1.165, 1.54) is 14.0 Å². The van der Waals surface area contributed by atoms with Crippen LogP contribution in [0.1, 0.15) is 19.4 Å². The molecular formula is C14H14I2O5. The van der Waals surface area contributed by atoms with Crippen LogP contribution in [0.15, 0.2) is 18.2 Å². The van der Waals surface area contributed by atoms with Gasteiger partial charge in [0.25, 0.3) is 0 Å².